The first-order chi connectivity index (χ1) is 10.0. The van der Waals surface area contributed by atoms with Gasteiger partial charge in [0.1, 0.15) is 5.76 Å². The molecule has 0 bridgehead atoms. The molecule has 0 aromatic heterocycles. The number of aliphatic hydroxyl groups is 1. The standard InChI is InChI=1S/C19H20O2/c1-4-5-11-18(20)13-12-15(2)14-16(3)19(21)17-9-7-6-8-10-17/h4-14,20H,3H2,1-2H3/b5-4+,13-12-,15-14+,18-11+. The molecular formula is C19H20O2. The van der Waals surface area contributed by atoms with E-state index in [2.05, 4.69) is 6.58 Å². The van der Waals surface area contributed by atoms with Crippen LogP contribution < -0.4 is 0 Å². The molecule has 1 rings (SSSR count). The number of hydrogen-bond acceptors (Lipinski definition) is 2. The van der Waals surface area contributed by atoms with Crippen molar-refractivity contribution in [1.29, 1.82) is 0 Å². The molecule has 0 radical (unpaired) electrons. The smallest absolute Gasteiger partial charge is 0.192 e. The van der Waals surface area contributed by atoms with Gasteiger partial charge in [0.05, 0.1) is 0 Å². The third kappa shape index (κ3) is 5.91. The number of ketones is 1. The van der Waals surface area contributed by atoms with Gasteiger partial charge in [0.2, 0.25) is 0 Å². The fourth-order valence-corrected chi connectivity index (χ4v) is 1.63. The van der Waals surface area contributed by atoms with Crippen LogP contribution in [0, 0.1) is 0 Å². The van der Waals surface area contributed by atoms with E-state index in [1.165, 1.54) is 0 Å². The lowest BCUT2D eigenvalue weighted by Crippen LogP contribution is -2.00. The van der Waals surface area contributed by atoms with Crippen molar-refractivity contribution < 1.29 is 9.90 Å². The van der Waals surface area contributed by atoms with Crippen LogP contribution in [0.15, 0.2) is 90.3 Å². The monoisotopic (exact) mass is 280 g/mol. The predicted octanol–water partition coefficient (Wildman–Crippen LogP) is 4.95. The van der Waals surface area contributed by atoms with Gasteiger partial charge in [-0.25, -0.2) is 0 Å². The minimum Gasteiger partial charge on any atom is -0.508 e. The number of rotatable bonds is 6. The number of Topliss-reactive ketones (excluding diaryl/α,β-unsaturated/α-hetero) is 1. The number of benzene rings is 1. The second-order valence-electron chi connectivity index (χ2n) is 4.56. The van der Waals surface area contributed by atoms with Crippen molar-refractivity contribution in [3.63, 3.8) is 0 Å². The van der Waals surface area contributed by atoms with Crippen molar-refractivity contribution in [2.24, 2.45) is 0 Å². The van der Waals surface area contributed by atoms with Crippen molar-refractivity contribution in [3.8, 4) is 0 Å². The largest absolute Gasteiger partial charge is 0.508 e. The summed E-state index contributed by atoms with van der Waals surface area (Å²) in [5.74, 6) is 0.0536. The molecule has 0 aliphatic heterocycles. The maximum atomic E-state index is 12.1. The fraction of sp³-hybridized carbons (Fsp3) is 0.105. The Bertz CT molecular complexity index is 614. The highest BCUT2D eigenvalue weighted by Gasteiger charge is 2.06. The zero-order chi connectivity index (χ0) is 15.7. The first-order valence-corrected chi connectivity index (χ1v) is 6.71. The van der Waals surface area contributed by atoms with Gasteiger partial charge in [-0.2, -0.15) is 0 Å². The molecule has 0 atom stereocenters. The molecule has 0 saturated heterocycles. The topological polar surface area (TPSA) is 37.3 Å². The average Bonchev–Trinajstić information content (AvgIpc) is 2.50. The SMILES string of the molecule is C=C(/C=C(C)/C=C\C(O)=C/C=C/C)C(=O)c1ccccc1. The highest BCUT2D eigenvalue weighted by molar-refractivity contribution is 6.10. The summed E-state index contributed by atoms with van der Waals surface area (Å²) < 4.78 is 0. The summed E-state index contributed by atoms with van der Waals surface area (Å²) in [4.78, 5) is 12.1. The fourth-order valence-electron chi connectivity index (χ4n) is 1.63. The molecule has 0 heterocycles. The lowest BCUT2D eigenvalue weighted by Gasteiger charge is -2.01. The lowest BCUT2D eigenvalue weighted by atomic mass is 10.0. The molecule has 1 aromatic rings. The highest BCUT2D eigenvalue weighted by atomic mass is 16.3. The summed E-state index contributed by atoms with van der Waals surface area (Å²) in [6.07, 6.45) is 10.2. The van der Waals surface area contributed by atoms with Crippen LogP contribution in [0.1, 0.15) is 24.2 Å². The summed E-state index contributed by atoms with van der Waals surface area (Å²) in [7, 11) is 0. The summed E-state index contributed by atoms with van der Waals surface area (Å²) in [5, 5.41) is 9.56. The molecule has 0 spiro atoms. The number of aliphatic hydroxyl groups excluding tert-OH is 1. The minimum atomic E-state index is -0.1000. The molecule has 2 heteroatoms. The molecule has 0 amide bonds. The molecule has 0 aliphatic carbocycles. The minimum absolute atomic E-state index is 0.1000. The molecule has 1 aromatic carbocycles. The molecule has 0 fully saturated rings. The number of hydrogen-bond donors (Lipinski definition) is 1. The van der Waals surface area contributed by atoms with Gasteiger partial charge in [-0.05, 0) is 32.1 Å². The first kappa shape index (κ1) is 16.4. The number of allylic oxidation sites excluding steroid dienone is 8. The van der Waals surface area contributed by atoms with Gasteiger partial charge in [-0.1, -0.05) is 60.7 Å². The molecule has 0 saturated carbocycles. The van der Waals surface area contributed by atoms with E-state index < -0.39 is 0 Å². The first-order valence-electron chi connectivity index (χ1n) is 6.71. The van der Waals surface area contributed by atoms with Crippen LogP contribution in [0.5, 0.6) is 0 Å². The van der Waals surface area contributed by atoms with Crippen LogP contribution in [0.3, 0.4) is 0 Å². The van der Waals surface area contributed by atoms with Crippen LogP contribution in [-0.2, 0) is 0 Å². The third-order valence-corrected chi connectivity index (χ3v) is 2.71. The predicted molar refractivity (Wildman–Crippen MR) is 88.3 cm³/mol. The molecule has 2 nitrogen and oxygen atoms in total. The average molecular weight is 280 g/mol. The Morgan fingerprint density at radius 1 is 1.19 bits per heavy atom. The molecule has 0 aliphatic rings. The van der Waals surface area contributed by atoms with Crippen LogP contribution >= 0.6 is 0 Å². The Morgan fingerprint density at radius 3 is 2.48 bits per heavy atom. The third-order valence-electron chi connectivity index (χ3n) is 2.71. The van der Waals surface area contributed by atoms with E-state index in [0.717, 1.165) is 5.57 Å². The van der Waals surface area contributed by atoms with Crippen LogP contribution in [0.4, 0.5) is 0 Å². The van der Waals surface area contributed by atoms with Crippen LogP contribution in [0.2, 0.25) is 0 Å². The molecular weight excluding hydrogens is 260 g/mol. The van der Waals surface area contributed by atoms with Crippen molar-refractivity contribution in [2.75, 3.05) is 0 Å². The van der Waals surface area contributed by atoms with Crippen molar-refractivity contribution >= 4 is 5.78 Å². The van der Waals surface area contributed by atoms with E-state index in [1.807, 2.05) is 38.1 Å². The van der Waals surface area contributed by atoms with E-state index in [0.29, 0.717) is 11.1 Å². The zero-order valence-electron chi connectivity index (χ0n) is 12.4. The van der Waals surface area contributed by atoms with Crippen molar-refractivity contribution in [3.05, 3.63) is 95.8 Å². The van der Waals surface area contributed by atoms with Gasteiger partial charge in [-0.3, -0.25) is 4.79 Å². The number of carbonyl (C=O) groups is 1. The van der Waals surface area contributed by atoms with Gasteiger partial charge >= 0.3 is 0 Å². The number of carbonyl (C=O) groups excluding carboxylic acids is 1. The summed E-state index contributed by atoms with van der Waals surface area (Å²) in [6.45, 7) is 7.52. The Hall–Kier alpha value is -2.61. The second kappa shape index (κ2) is 8.54. The molecule has 21 heavy (non-hydrogen) atoms. The van der Waals surface area contributed by atoms with Crippen LogP contribution in [0.25, 0.3) is 0 Å². The Morgan fingerprint density at radius 2 is 1.86 bits per heavy atom. The van der Waals surface area contributed by atoms with Gasteiger partial charge in [0.15, 0.2) is 5.78 Å². The highest BCUT2D eigenvalue weighted by Crippen LogP contribution is 2.10. The van der Waals surface area contributed by atoms with Crippen LogP contribution in [-0.4, -0.2) is 10.9 Å². The van der Waals surface area contributed by atoms with Gasteiger partial charge in [-0.15, -0.1) is 0 Å². The van der Waals surface area contributed by atoms with Gasteiger partial charge < -0.3 is 5.11 Å². The molecule has 1 N–H and O–H groups in total. The van der Waals surface area contributed by atoms with E-state index >= 15 is 0 Å². The lowest BCUT2D eigenvalue weighted by molar-refractivity contribution is 0.103. The van der Waals surface area contributed by atoms with Gasteiger partial charge in [0, 0.05) is 11.1 Å². The summed E-state index contributed by atoms with van der Waals surface area (Å²) in [5.41, 5.74) is 1.87. The second-order valence-corrected chi connectivity index (χ2v) is 4.56. The van der Waals surface area contributed by atoms with Crippen molar-refractivity contribution in [2.45, 2.75) is 13.8 Å². The molecule has 0 unspecified atom stereocenters. The summed E-state index contributed by atoms with van der Waals surface area (Å²) in [6, 6.07) is 9.03. The van der Waals surface area contributed by atoms with Crippen molar-refractivity contribution in [1.82, 2.24) is 0 Å². The maximum Gasteiger partial charge on any atom is 0.192 e. The summed E-state index contributed by atoms with van der Waals surface area (Å²) >= 11 is 0. The van der Waals surface area contributed by atoms with E-state index in [1.54, 1.807) is 42.5 Å². The maximum absolute atomic E-state index is 12.1. The quantitative estimate of drug-likeness (QED) is 0.346. The van der Waals surface area contributed by atoms with E-state index in [-0.39, 0.29) is 11.5 Å². The zero-order valence-corrected chi connectivity index (χ0v) is 12.4. The van der Waals surface area contributed by atoms with E-state index in [9.17, 15) is 9.90 Å². The van der Waals surface area contributed by atoms with E-state index in [4.69, 9.17) is 0 Å². The molecule has 108 valence electrons. The Labute approximate surface area is 126 Å². The Balaban J connectivity index is 2.76. The Kier molecular flexibility index (Phi) is 6.69. The van der Waals surface area contributed by atoms with Gasteiger partial charge in [0.25, 0.3) is 0 Å². The normalized spacial score (nSPS) is 13.0.